The first-order chi connectivity index (χ1) is 8.49. The Morgan fingerprint density at radius 1 is 1.33 bits per heavy atom. The van der Waals surface area contributed by atoms with E-state index in [-0.39, 0.29) is 17.4 Å². The molecule has 0 bridgehead atoms. The minimum absolute atomic E-state index is 0.0178. The van der Waals surface area contributed by atoms with Crippen LogP contribution in [0.1, 0.15) is 19.8 Å². The quantitative estimate of drug-likeness (QED) is 0.722. The SMILES string of the molecule is CC1(NS(=O)(=O)CC2COCCO2)CCNCC1. The third-order valence-electron chi connectivity index (χ3n) is 3.40. The van der Waals surface area contributed by atoms with Gasteiger partial charge in [-0.25, -0.2) is 13.1 Å². The maximum absolute atomic E-state index is 12.1. The lowest BCUT2D eigenvalue weighted by molar-refractivity contribution is -0.0783. The molecule has 1 atom stereocenters. The Hall–Kier alpha value is -0.210. The number of hydrogen-bond donors (Lipinski definition) is 2. The van der Waals surface area contributed by atoms with Gasteiger partial charge in [0.25, 0.3) is 0 Å². The molecular formula is C11H22N2O4S. The molecule has 0 saturated carbocycles. The highest BCUT2D eigenvalue weighted by Gasteiger charge is 2.33. The first kappa shape index (κ1) is 14.2. The van der Waals surface area contributed by atoms with Crippen molar-refractivity contribution >= 4 is 10.0 Å². The molecule has 2 fully saturated rings. The normalized spacial score (nSPS) is 29.1. The van der Waals surface area contributed by atoms with E-state index in [0.717, 1.165) is 25.9 Å². The molecule has 0 aliphatic carbocycles. The Morgan fingerprint density at radius 2 is 2.06 bits per heavy atom. The van der Waals surface area contributed by atoms with E-state index in [2.05, 4.69) is 10.0 Å². The van der Waals surface area contributed by atoms with Crippen LogP contribution in [-0.2, 0) is 19.5 Å². The number of ether oxygens (including phenoxy) is 2. The number of hydrogen-bond acceptors (Lipinski definition) is 5. The minimum atomic E-state index is -3.32. The molecule has 1 unspecified atom stereocenters. The summed E-state index contributed by atoms with van der Waals surface area (Å²) in [6.45, 7) is 5.04. The smallest absolute Gasteiger partial charge is 0.214 e. The van der Waals surface area contributed by atoms with Gasteiger partial charge in [0.15, 0.2) is 0 Å². The predicted molar refractivity (Wildman–Crippen MR) is 68.0 cm³/mol. The van der Waals surface area contributed by atoms with Gasteiger partial charge in [-0.1, -0.05) is 0 Å². The zero-order valence-electron chi connectivity index (χ0n) is 10.8. The summed E-state index contributed by atoms with van der Waals surface area (Å²) in [4.78, 5) is 0. The van der Waals surface area contributed by atoms with Crippen LogP contribution in [-0.4, -0.2) is 58.7 Å². The lowest BCUT2D eigenvalue weighted by Gasteiger charge is -2.35. The van der Waals surface area contributed by atoms with Crippen LogP contribution in [0.5, 0.6) is 0 Å². The third-order valence-corrected chi connectivity index (χ3v) is 5.01. The summed E-state index contributed by atoms with van der Waals surface area (Å²) in [5, 5.41) is 3.23. The van der Waals surface area contributed by atoms with Gasteiger partial charge in [0.1, 0.15) is 0 Å². The first-order valence-corrected chi connectivity index (χ1v) is 8.06. The number of sulfonamides is 1. The van der Waals surface area contributed by atoms with Crippen molar-refractivity contribution in [2.45, 2.75) is 31.4 Å². The average molecular weight is 278 g/mol. The van der Waals surface area contributed by atoms with Crippen LogP contribution in [0.3, 0.4) is 0 Å². The van der Waals surface area contributed by atoms with E-state index in [4.69, 9.17) is 9.47 Å². The third kappa shape index (κ3) is 4.17. The van der Waals surface area contributed by atoms with Crippen molar-refractivity contribution in [1.82, 2.24) is 10.0 Å². The number of rotatable bonds is 4. The van der Waals surface area contributed by atoms with Crippen LogP contribution in [0.4, 0.5) is 0 Å². The van der Waals surface area contributed by atoms with Gasteiger partial charge in [-0.2, -0.15) is 0 Å². The van der Waals surface area contributed by atoms with E-state index in [1.165, 1.54) is 0 Å². The zero-order chi connectivity index (χ0) is 13.1. The van der Waals surface area contributed by atoms with E-state index in [1.54, 1.807) is 0 Å². The fourth-order valence-corrected chi connectivity index (χ4v) is 4.10. The number of nitrogens with one attached hydrogen (secondary N) is 2. The Kier molecular flexibility index (Phi) is 4.60. The molecule has 0 amide bonds. The van der Waals surface area contributed by atoms with Crippen molar-refractivity contribution in [1.29, 1.82) is 0 Å². The molecule has 2 aliphatic rings. The molecule has 0 aromatic heterocycles. The van der Waals surface area contributed by atoms with Gasteiger partial charge in [-0.3, -0.25) is 0 Å². The van der Waals surface area contributed by atoms with Crippen molar-refractivity contribution in [2.24, 2.45) is 0 Å². The van der Waals surface area contributed by atoms with Crippen molar-refractivity contribution in [3.8, 4) is 0 Å². The highest BCUT2D eigenvalue weighted by molar-refractivity contribution is 7.89. The molecule has 106 valence electrons. The van der Waals surface area contributed by atoms with E-state index >= 15 is 0 Å². The topological polar surface area (TPSA) is 76.7 Å². The van der Waals surface area contributed by atoms with E-state index in [9.17, 15) is 8.42 Å². The molecule has 2 aliphatic heterocycles. The Labute approximate surface area is 108 Å². The molecule has 7 heteroatoms. The molecule has 2 heterocycles. The molecule has 2 rings (SSSR count). The maximum atomic E-state index is 12.1. The van der Waals surface area contributed by atoms with E-state index < -0.39 is 10.0 Å². The summed E-state index contributed by atoms with van der Waals surface area (Å²) < 4.78 is 37.6. The fourth-order valence-electron chi connectivity index (χ4n) is 2.38. The Morgan fingerprint density at radius 3 is 2.67 bits per heavy atom. The highest BCUT2D eigenvalue weighted by atomic mass is 32.2. The summed E-state index contributed by atoms with van der Waals surface area (Å²) in [5.41, 5.74) is -0.334. The molecule has 2 N–H and O–H groups in total. The predicted octanol–water partition coefficient (Wildman–Crippen LogP) is -0.537. The Bertz CT molecular complexity index is 359. The van der Waals surface area contributed by atoms with Crippen LogP contribution in [0.25, 0.3) is 0 Å². The monoisotopic (exact) mass is 278 g/mol. The summed E-state index contributed by atoms with van der Waals surface area (Å²) in [7, 11) is -3.32. The summed E-state index contributed by atoms with van der Waals surface area (Å²) in [6.07, 6.45) is 1.28. The molecule has 0 aromatic rings. The molecule has 0 spiro atoms. The summed E-state index contributed by atoms with van der Waals surface area (Å²) in [6, 6.07) is 0. The van der Waals surface area contributed by atoms with Gasteiger partial charge in [-0.05, 0) is 32.9 Å². The summed E-state index contributed by atoms with van der Waals surface area (Å²) in [5.74, 6) is -0.0178. The van der Waals surface area contributed by atoms with Crippen LogP contribution in [0.2, 0.25) is 0 Å². The van der Waals surface area contributed by atoms with Crippen molar-refractivity contribution in [2.75, 3.05) is 38.7 Å². The van der Waals surface area contributed by atoms with E-state index in [0.29, 0.717) is 19.8 Å². The highest BCUT2D eigenvalue weighted by Crippen LogP contribution is 2.19. The Balaban J connectivity index is 1.89. The lowest BCUT2D eigenvalue weighted by atomic mass is 9.92. The molecule has 6 nitrogen and oxygen atoms in total. The van der Waals surface area contributed by atoms with Gasteiger partial charge < -0.3 is 14.8 Å². The second kappa shape index (κ2) is 5.83. The zero-order valence-corrected chi connectivity index (χ0v) is 11.6. The first-order valence-electron chi connectivity index (χ1n) is 6.41. The van der Waals surface area contributed by atoms with Gasteiger partial charge >= 0.3 is 0 Å². The second-order valence-corrected chi connectivity index (χ2v) is 7.03. The molecule has 0 aromatic carbocycles. The fraction of sp³-hybridized carbons (Fsp3) is 1.00. The van der Waals surface area contributed by atoms with E-state index in [1.807, 2.05) is 6.92 Å². The van der Waals surface area contributed by atoms with Crippen molar-refractivity contribution < 1.29 is 17.9 Å². The molecular weight excluding hydrogens is 256 g/mol. The van der Waals surface area contributed by atoms with Crippen LogP contribution < -0.4 is 10.0 Å². The van der Waals surface area contributed by atoms with Gasteiger partial charge in [0.05, 0.1) is 31.7 Å². The number of piperidine rings is 1. The maximum Gasteiger partial charge on any atom is 0.214 e. The minimum Gasteiger partial charge on any atom is -0.376 e. The average Bonchev–Trinajstić information content (AvgIpc) is 2.29. The molecule has 2 saturated heterocycles. The molecule has 18 heavy (non-hydrogen) atoms. The van der Waals surface area contributed by atoms with Crippen molar-refractivity contribution in [3.63, 3.8) is 0 Å². The van der Waals surface area contributed by atoms with Crippen LogP contribution >= 0.6 is 0 Å². The van der Waals surface area contributed by atoms with Gasteiger partial charge in [0, 0.05) is 5.54 Å². The largest absolute Gasteiger partial charge is 0.376 e. The van der Waals surface area contributed by atoms with Gasteiger partial charge in [-0.15, -0.1) is 0 Å². The van der Waals surface area contributed by atoms with Gasteiger partial charge in [0.2, 0.25) is 10.0 Å². The lowest BCUT2D eigenvalue weighted by Crippen LogP contribution is -2.54. The summed E-state index contributed by atoms with van der Waals surface area (Å²) >= 11 is 0. The van der Waals surface area contributed by atoms with Crippen LogP contribution in [0, 0.1) is 0 Å². The van der Waals surface area contributed by atoms with Crippen LogP contribution in [0.15, 0.2) is 0 Å². The standard InChI is InChI=1S/C11H22N2O4S/c1-11(2-4-12-5-3-11)13-18(14,15)9-10-8-16-6-7-17-10/h10,12-13H,2-9H2,1H3. The molecule has 0 radical (unpaired) electrons. The second-order valence-electron chi connectivity index (χ2n) is 5.26. The van der Waals surface area contributed by atoms with Crippen molar-refractivity contribution in [3.05, 3.63) is 0 Å².